The van der Waals surface area contributed by atoms with E-state index in [9.17, 15) is 14.4 Å². The zero-order chi connectivity index (χ0) is 19.3. The normalized spacial score (nSPS) is 13.6. The molecular formula is C17H27N3O4S. The third kappa shape index (κ3) is 6.12. The molecule has 0 aliphatic heterocycles. The largest absolute Gasteiger partial charge is 0.477 e. The summed E-state index contributed by atoms with van der Waals surface area (Å²) in [5.41, 5.74) is 0.430. The highest BCUT2D eigenvalue weighted by Crippen LogP contribution is 2.23. The van der Waals surface area contributed by atoms with Gasteiger partial charge in [-0.3, -0.25) is 9.59 Å². The second kappa shape index (κ2) is 8.94. The van der Waals surface area contributed by atoms with E-state index in [1.807, 2.05) is 27.7 Å². The fourth-order valence-corrected chi connectivity index (χ4v) is 3.21. The van der Waals surface area contributed by atoms with Crippen LogP contribution in [0.2, 0.25) is 0 Å². The molecule has 0 spiro atoms. The number of aromatic nitrogens is 1. The van der Waals surface area contributed by atoms with Crippen molar-refractivity contribution in [2.75, 3.05) is 0 Å². The van der Waals surface area contributed by atoms with Crippen molar-refractivity contribution in [3.05, 3.63) is 15.6 Å². The van der Waals surface area contributed by atoms with E-state index in [0.29, 0.717) is 17.1 Å². The first-order valence-electron chi connectivity index (χ1n) is 8.33. The van der Waals surface area contributed by atoms with Gasteiger partial charge in [-0.15, -0.1) is 11.3 Å². The fourth-order valence-electron chi connectivity index (χ4n) is 2.30. The summed E-state index contributed by atoms with van der Waals surface area (Å²) in [6.45, 7) is 11.0. The highest BCUT2D eigenvalue weighted by molar-refractivity contribution is 7.13. The molecule has 1 aromatic rings. The summed E-state index contributed by atoms with van der Waals surface area (Å²) >= 11 is 1.05. The molecule has 0 aliphatic carbocycles. The van der Waals surface area contributed by atoms with Gasteiger partial charge >= 0.3 is 5.97 Å². The number of hydrogen-bond donors (Lipinski definition) is 3. The van der Waals surface area contributed by atoms with Crippen LogP contribution >= 0.6 is 11.3 Å². The van der Waals surface area contributed by atoms with E-state index in [4.69, 9.17) is 5.11 Å². The van der Waals surface area contributed by atoms with Crippen LogP contribution in [0.1, 0.15) is 67.5 Å². The highest BCUT2D eigenvalue weighted by Gasteiger charge is 2.27. The Balaban J connectivity index is 2.80. The number of thiazole rings is 1. The number of aryl methyl sites for hydroxylation is 1. The summed E-state index contributed by atoms with van der Waals surface area (Å²) in [6.07, 6.45) is 0.361. The molecule has 1 rings (SSSR count). The van der Waals surface area contributed by atoms with Gasteiger partial charge in [-0.2, -0.15) is 0 Å². The average molecular weight is 369 g/mol. The number of rotatable bonds is 8. The van der Waals surface area contributed by atoms with Crippen molar-refractivity contribution in [2.24, 2.45) is 11.8 Å². The molecule has 1 heterocycles. The Kier molecular flexibility index (Phi) is 7.54. The third-order valence-corrected chi connectivity index (χ3v) is 4.92. The lowest BCUT2D eigenvalue weighted by molar-refractivity contribution is -0.130. The molecule has 2 atom stereocenters. The fraction of sp³-hybridized carbons (Fsp3) is 0.647. The maximum absolute atomic E-state index is 12.6. The quantitative estimate of drug-likeness (QED) is 0.652. The topological polar surface area (TPSA) is 108 Å². The first-order valence-corrected chi connectivity index (χ1v) is 9.14. The summed E-state index contributed by atoms with van der Waals surface area (Å²) in [7, 11) is 0. The molecule has 0 saturated heterocycles. The summed E-state index contributed by atoms with van der Waals surface area (Å²) in [5.74, 6) is -1.35. The van der Waals surface area contributed by atoms with Gasteiger partial charge in [0.15, 0.2) is 0 Å². The Morgan fingerprint density at radius 2 is 1.72 bits per heavy atom. The zero-order valence-electron chi connectivity index (χ0n) is 15.5. The Bertz CT molecular complexity index is 640. The molecule has 0 aliphatic rings. The van der Waals surface area contributed by atoms with Gasteiger partial charge in [0.2, 0.25) is 11.8 Å². The van der Waals surface area contributed by atoms with Crippen LogP contribution in [-0.4, -0.2) is 33.9 Å². The molecular weight excluding hydrogens is 342 g/mol. The number of carbonyl (C=O) groups excluding carboxylic acids is 2. The van der Waals surface area contributed by atoms with Crippen LogP contribution in [0.25, 0.3) is 0 Å². The van der Waals surface area contributed by atoms with Crippen LogP contribution in [0.3, 0.4) is 0 Å². The van der Waals surface area contributed by atoms with Crippen molar-refractivity contribution >= 4 is 29.1 Å². The predicted octanol–water partition coefficient (Wildman–Crippen LogP) is 2.51. The lowest BCUT2D eigenvalue weighted by Crippen LogP contribution is -2.50. The number of carboxylic acids is 1. The molecule has 7 nitrogen and oxygen atoms in total. The standard InChI is InChI=1S/C17H27N3O4S/c1-8(2)7-12(21)20-13(9(3)4)15(22)18-11(6)16-19-10(5)14(25-16)17(23)24/h8-9,11,13H,7H2,1-6H3,(H,18,22)(H,20,21)(H,23,24). The van der Waals surface area contributed by atoms with Gasteiger partial charge < -0.3 is 15.7 Å². The Morgan fingerprint density at radius 3 is 2.16 bits per heavy atom. The molecule has 3 N–H and O–H groups in total. The lowest BCUT2D eigenvalue weighted by Gasteiger charge is -2.23. The van der Waals surface area contributed by atoms with Gasteiger partial charge in [0.1, 0.15) is 15.9 Å². The van der Waals surface area contributed by atoms with E-state index < -0.39 is 18.1 Å². The van der Waals surface area contributed by atoms with Gasteiger partial charge in [0, 0.05) is 6.42 Å². The van der Waals surface area contributed by atoms with Gasteiger partial charge in [0.25, 0.3) is 0 Å². The molecule has 2 unspecified atom stereocenters. The van der Waals surface area contributed by atoms with Crippen molar-refractivity contribution in [3.63, 3.8) is 0 Å². The lowest BCUT2D eigenvalue weighted by atomic mass is 10.0. The number of nitrogens with zero attached hydrogens (tertiary/aromatic N) is 1. The molecule has 2 amide bonds. The molecule has 0 saturated carbocycles. The Labute approximate surface area is 152 Å². The van der Waals surface area contributed by atoms with Crippen molar-refractivity contribution in [1.29, 1.82) is 0 Å². The number of amides is 2. The maximum atomic E-state index is 12.6. The summed E-state index contributed by atoms with van der Waals surface area (Å²) in [5, 5.41) is 15.2. The monoisotopic (exact) mass is 369 g/mol. The molecule has 0 fully saturated rings. The first-order chi connectivity index (χ1) is 11.5. The number of carboxylic acid groups (broad SMARTS) is 1. The number of aromatic carboxylic acids is 1. The molecule has 0 radical (unpaired) electrons. The van der Waals surface area contributed by atoms with Crippen molar-refractivity contribution < 1.29 is 19.5 Å². The van der Waals surface area contributed by atoms with Crippen molar-refractivity contribution in [2.45, 2.75) is 60.0 Å². The molecule has 0 aromatic carbocycles. The van der Waals surface area contributed by atoms with Gasteiger partial charge in [-0.25, -0.2) is 9.78 Å². The van der Waals surface area contributed by atoms with E-state index in [1.165, 1.54) is 0 Å². The third-order valence-electron chi connectivity index (χ3n) is 3.60. The summed E-state index contributed by atoms with van der Waals surface area (Å²) in [6, 6.07) is -1.08. The molecule has 8 heteroatoms. The van der Waals surface area contributed by atoms with Crippen molar-refractivity contribution in [1.82, 2.24) is 15.6 Å². The molecule has 1 aromatic heterocycles. The van der Waals surface area contributed by atoms with Crippen molar-refractivity contribution in [3.8, 4) is 0 Å². The Hall–Kier alpha value is -1.96. The molecule has 25 heavy (non-hydrogen) atoms. The minimum Gasteiger partial charge on any atom is -0.477 e. The van der Waals surface area contributed by atoms with Crippen LogP contribution in [0.5, 0.6) is 0 Å². The van der Waals surface area contributed by atoms with Gasteiger partial charge in [0.05, 0.1) is 11.7 Å². The van der Waals surface area contributed by atoms with E-state index in [2.05, 4.69) is 15.6 Å². The Morgan fingerprint density at radius 1 is 1.12 bits per heavy atom. The second-order valence-electron chi connectivity index (χ2n) is 6.89. The number of hydrogen-bond acceptors (Lipinski definition) is 5. The van der Waals surface area contributed by atoms with E-state index >= 15 is 0 Å². The minimum absolute atomic E-state index is 0.0732. The SMILES string of the molecule is Cc1nc(C(C)NC(=O)C(NC(=O)CC(C)C)C(C)C)sc1C(=O)O. The molecule has 0 bridgehead atoms. The van der Waals surface area contributed by atoms with Gasteiger partial charge in [-0.1, -0.05) is 27.7 Å². The van der Waals surface area contributed by atoms with Gasteiger partial charge in [-0.05, 0) is 25.7 Å². The average Bonchev–Trinajstić information content (AvgIpc) is 2.85. The van der Waals surface area contributed by atoms with Crippen LogP contribution in [-0.2, 0) is 9.59 Å². The number of carbonyl (C=O) groups is 3. The zero-order valence-corrected chi connectivity index (χ0v) is 16.4. The summed E-state index contributed by atoms with van der Waals surface area (Å²) in [4.78, 5) is 40.1. The second-order valence-corrected chi connectivity index (χ2v) is 7.92. The molecule has 140 valence electrons. The maximum Gasteiger partial charge on any atom is 0.347 e. The summed E-state index contributed by atoms with van der Waals surface area (Å²) < 4.78 is 0. The number of nitrogens with one attached hydrogen (secondary N) is 2. The van der Waals surface area contributed by atoms with Crippen LogP contribution < -0.4 is 10.6 Å². The smallest absolute Gasteiger partial charge is 0.347 e. The highest BCUT2D eigenvalue weighted by atomic mass is 32.1. The predicted molar refractivity (Wildman–Crippen MR) is 96.6 cm³/mol. The van der Waals surface area contributed by atoms with E-state index in [-0.39, 0.29) is 28.5 Å². The van der Waals surface area contributed by atoms with Crippen LogP contribution in [0.4, 0.5) is 0 Å². The minimum atomic E-state index is -1.03. The first kappa shape index (κ1) is 21.1. The van der Waals surface area contributed by atoms with Crippen LogP contribution in [0.15, 0.2) is 0 Å². The van der Waals surface area contributed by atoms with Crippen LogP contribution in [0, 0.1) is 18.8 Å². The van der Waals surface area contributed by atoms with E-state index in [0.717, 1.165) is 11.3 Å². The van der Waals surface area contributed by atoms with E-state index in [1.54, 1.807) is 13.8 Å².